The van der Waals surface area contributed by atoms with Crippen LogP contribution >= 0.6 is 11.6 Å². The smallest absolute Gasteiger partial charge is 0.422 e. The summed E-state index contributed by atoms with van der Waals surface area (Å²) < 4.78 is 41.4. The zero-order valence-corrected chi connectivity index (χ0v) is 15.2. The summed E-state index contributed by atoms with van der Waals surface area (Å²) >= 11 is 6.02. The summed E-state index contributed by atoms with van der Waals surface area (Å²) in [5.41, 5.74) is 0.645. The van der Waals surface area contributed by atoms with Gasteiger partial charge in [0.1, 0.15) is 5.02 Å². The van der Waals surface area contributed by atoms with Crippen LogP contribution in [0.25, 0.3) is 0 Å². The second-order valence-electron chi connectivity index (χ2n) is 6.38. The largest absolute Gasteiger partial charge is 0.467 e. The number of hydrogen-bond donors (Lipinski definition) is 1. The fourth-order valence-corrected chi connectivity index (χ4v) is 2.80. The highest BCUT2D eigenvalue weighted by molar-refractivity contribution is 6.31. The van der Waals surface area contributed by atoms with Crippen LogP contribution in [-0.4, -0.2) is 41.1 Å². The van der Waals surface area contributed by atoms with E-state index in [9.17, 15) is 18.0 Å². The molecule has 146 valence electrons. The lowest BCUT2D eigenvalue weighted by atomic mass is 10.1. The monoisotopic (exact) mass is 402 g/mol. The predicted octanol–water partition coefficient (Wildman–Crippen LogP) is 3.45. The zero-order valence-electron chi connectivity index (χ0n) is 14.4. The molecule has 6 nitrogen and oxygen atoms in total. The van der Waals surface area contributed by atoms with Gasteiger partial charge in [-0.25, -0.2) is 9.98 Å². The van der Waals surface area contributed by atoms with Crippen LogP contribution in [0.15, 0.2) is 29.5 Å². The Kier molecular flexibility index (Phi) is 5.59. The SMILES string of the molecule is CC(c1cnc(OCC(F)(F)F)c(Cl)c1)N1C=CC=NC1NC(=O)C1CC1. The molecule has 1 N–H and O–H groups in total. The van der Waals surface area contributed by atoms with Gasteiger partial charge in [-0.1, -0.05) is 11.6 Å². The molecule has 1 aromatic rings. The van der Waals surface area contributed by atoms with Crippen molar-refractivity contribution in [3.63, 3.8) is 0 Å². The molecule has 10 heteroatoms. The normalized spacial score (nSPS) is 20.5. The van der Waals surface area contributed by atoms with E-state index >= 15 is 0 Å². The number of halogens is 4. The lowest BCUT2D eigenvalue weighted by molar-refractivity contribution is -0.154. The second kappa shape index (κ2) is 7.75. The van der Waals surface area contributed by atoms with Crippen LogP contribution in [0.3, 0.4) is 0 Å². The third-order valence-corrected chi connectivity index (χ3v) is 4.47. The minimum Gasteiger partial charge on any atom is -0.467 e. The van der Waals surface area contributed by atoms with Gasteiger partial charge >= 0.3 is 6.18 Å². The molecule has 1 fully saturated rings. The van der Waals surface area contributed by atoms with Crippen LogP contribution in [0.1, 0.15) is 31.4 Å². The molecular weight excluding hydrogens is 385 g/mol. The molecule has 1 aliphatic heterocycles. The van der Waals surface area contributed by atoms with Crippen molar-refractivity contribution in [1.29, 1.82) is 0 Å². The fraction of sp³-hybridized carbons (Fsp3) is 0.471. The number of allylic oxidation sites excluding steroid dienone is 1. The van der Waals surface area contributed by atoms with Gasteiger partial charge in [0.15, 0.2) is 12.9 Å². The maximum Gasteiger partial charge on any atom is 0.422 e. The average molecular weight is 403 g/mol. The van der Waals surface area contributed by atoms with E-state index in [1.54, 1.807) is 18.5 Å². The number of carbonyl (C=O) groups excluding carboxylic acids is 1. The molecule has 2 heterocycles. The Morgan fingerprint density at radius 3 is 2.85 bits per heavy atom. The fourth-order valence-electron chi connectivity index (χ4n) is 2.57. The van der Waals surface area contributed by atoms with Crippen LogP contribution in [0.4, 0.5) is 13.2 Å². The summed E-state index contributed by atoms with van der Waals surface area (Å²) in [6.07, 6.45) is 3.22. The molecule has 3 rings (SSSR count). The molecule has 0 spiro atoms. The van der Waals surface area contributed by atoms with Gasteiger partial charge in [-0.15, -0.1) is 0 Å². The van der Waals surface area contributed by atoms with E-state index in [4.69, 9.17) is 11.6 Å². The number of pyridine rings is 1. The van der Waals surface area contributed by atoms with Crippen LogP contribution < -0.4 is 10.1 Å². The Bertz CT molecular complexity index is 765. The van der Waals surface area contributed by atoms with E-state index in [0.29, 0.717) is 5.56 Å². The molecule has 1 aromatic heterocycles. The number of amides is 1. The Balaban J connectivity index is 1.70. The molecule has 1 aliphatic carbocycles. The van der Waals surface area contributed by atoms with E-state index in [1.807, 2.05) is 11.8 Å². The number of nitrogens with zero attached hydrogens (tertiary/aromatic N) is 3. The summed E-state index contributed by atoms with van der Waals surface area (Å²) in [6.45, 7) is 0.387. The summed E-state index contributed by atoms with van der Waals surface area (Å²) in [7, 11) is 0. The van der Waals surface area contributed by atoms with Crippen LogP contribution in [0.5, 0.6) is 5.88 Å². The first-order chi connectivity index (χ1) is 12.7. The minimum absolute atomic E-state index is 0.0216. The van der Waals surface area contributed by atoms with Crippen molar-refractivity contribution in [2.24, 2.45) is 10.9 Å². The van der Waals surface area contributed by atoms with Crippen molar-refractivity contribution in [3.05, 3.63) is 35.1 Å². The van der Waals surface area contributed by atoms with Crippen molar-refractivity contribution >= 4 is 23.7 Å². The molecule has 0 bridgehead atoms. The van der Waals surface area contributed by atoms with Crippen molar-refractivity contribution in [2.45, 2.75) is 38.3 Å². The maximum atomic E-state index is 12.3. The summed E-state index contributed by atoms with van der Waals surface area (Å²) in [5.74, 6) is -0.281. The van der Waals surface area contributed by atoms with E-state index in [2.05, 4.69) is 20.0 Å². The third-order valence-electron chi connectivity index (χ3n) is 4.20. The first-order valence-corrected chi connectivity index (χ1v) is 8.75. The van der Waals surface area contributed by atoms with Crippen molar-refractivity contribution in [3.8, 4) is 5.88 Å². The van der Waals surface area contributed by atoms with Gasteiger partial charge in [-0.3, -0.25) is 4.79 Å². The van der Waals surface area contributed by atoms with Gasteiger partial charge in [0, 0.05) is 24.5 Å². The summed E-state index contributed by atoms with van der Waals surface area (Å²) in [4.78, 5) is 22.0. The first-order valence-electron chi connectivity index (χ1n) is 8.37. The van der Waals surface area contributed by atoms with Gasteiger partial charge in [-0.05, 0) is 37.5 Å². The lowest BCUT2D eigenvalue weighted by Crippen LogP contribution is -2.47. The van der Waals surface area contributed by atoms with Crippen molar-refractivity contribution in [1.82, 2.24) is 15.2 Å². The first kappa shape index (κ1) is 19.5. The number of rotatable bonds is 6. The van der Waals surface area contributed by atoms with E-state index < -0.39 is 19.1 Å². The molecule has 1 amide bonds. The standard InChI is InChI=1S/C17H18ClF3N4O2/c1-10(12-7-13(18)15(23-8-12)27-9-17(19,20)21)25-6-2-5-22-16(25)24-14(26)11-3-4-11/h2,5-8,10-11,16H,3-4,9H2,1H3,(H,24,26). The Hall–Kier alpha value is -2.29. The van der Waals surface area contributed by atoms with Crippen LogP contribution in [0.2, 0.25) is 5.02 Å². The van der Waals surface area contributed by atoms with Gasteiger partial charge < -0.3 is 15.0 Å². The minimum atomic E-state index is -4.47. The Labute approximate surface area is 159 Å². The number of ether oxygens (including phenoxy) is 1. The van der Waals surface area contributed by atoms with Gasteiger partial charge in [-0.2, -0.15) is 13.2 Å². The average Bonchev–Trinajstić information content (AvgIpc) is 3.45. The molecule has 2 aliphatic rings. The van der Waals surface area contributed by atoms with Crippen LogP contribution in [-0.2, 0) is 4.79 Å². The molecule has 2 atom stereocenters. The van der Waals surface area contributed by atoms with Crippen molar-refractivity contribution in [2.75, 3.05) is 6.61 Å². The number of hydrogen-bond acceptors (Lipinski definition) is 5. The molecule has 2 unspecified atom stereocenters. The highest BCUT2D eigenvalue weighted by Crippen LogP contribution is 2.32. The highest BCUT2D eigenvalue weighted by Gasteiger charge is 2.33. The number of nitrogens with one attached hydrogen (secondary N) is 1. The van der Waals surface area contributed by atoms with Crippen molar-refractivity contribution < 1.29 is 22.7 Å². The summed E-state index contributed by atoms with van der Waals surface area (Å²) in [5, 5.41) is 2.86. The number of aliphatic imine (C=N–C) groups is 1. The highest BCUT2D eigenvalue weighted by atomic mass is 35.5. The second-order valence-corrected chi connectivity index (χ2v) is 6.79. The molecule has 0 saturated heterocycles. The molecular formula is C17H18ClF3N4O2. The van der Waals surface area contributed by atoms with Gasteiger partial charge in [0.2, 0.25) is 11.8 Å². The Morgan fingerprint density at radius 2 is 2.22 bits per heavy atom. The zero-order chi connectivity index (χ0) is 19.6. The van der Waals surface area contributed by atoms with Crippen LogP contribution in [0, 0.1) is 5.92 Å². The van der Waals surface area contributed by atoms with Gasteiger partial charge in [0.05, 0.1) is 6.04 Å². The van der Waals surface area contributed by atoms with E-state index in [0.717, 1.165) is 12.8 Å². The van der Waals surface area contributed by atoms with E-state index in [-0.39, 0.29) is 28.8 Å². The quantitative estimate of drug-likeness (QED) is 0.791. The lowest BCUT2D eigenvalue weighted by Gasteiger charge is -2.35. The predicted molar refractivity (Wildman–Crippen MR) is 93.3 cm³/mol. The molecule has 0 aromatic carbocycles. The molecule has 27 heavy (non-hydrogen) atoms. The summed E-state index contributed by atoms with van der Waals surface area (Å²) in [6, 6.07) is 1.21. The number of aromatic nitrogens is 1. The van der Waals surface area contributed by atoms with Gasteiger partial charge in [0.25, 0.3) is 0 Å². The molecule has 0 radical (unpaired) electrons. The Morgan fingerprint density at radius 1 is 1.48 bits per heavy atom. The third kappa shape index (κ3) is 5.12. The molecule has 1 saturated carbocycles. The van der Waals surface area contributed by atoms with E-state index in [1.165, 1.54) is 12.3 Å². The maximum absolute atomic E-state index is 12.3. The number of alkyl halides is 3. The number of carbonyl (C=O) groups is 1. The topological polar surface area (TPSA) is 66.8 Å².